The maximum Gasteiger partial charge on any atom is 0.416 e. The summed E-state index contributed by atoms with van der Waals surface area (Å²) in [5, 5.41) is 0. The molecule has 95 heavy (non-hydrogen) atoms. The summed E-state index contributed by atoms with van der Waals surface area (Å²) in [6, 6.07) is 79.1. The van der Waals surface area contributed by atoms with Crippen molar-refractivity contribution in [3.8, 4) is 0 Å². The smallest absolute Gasteiger partial charge is 0.207 e. The van der Waals surface area contributed by atoms with Gasteiger partial charge in [-0.3, -0.25) is 0 Å². The van der Waals surface area contributed by atoms with Crippen LogP contribution in [0.15, 0.2) is 326 Å². The van der Waals surface area contributed by atoms with Crippen LogP contribution in [-0.4, -0.2) is 0 Å². The Morgan fingerprint density at radius 1 is 0.242 bits per heavy atom. The number of alkyl halides is 3. The van der Waals surface area contributed by atoms with E-state index >= 15 is 0 Å². The Balaban J connectivity index is 0.000000149. The highest BCUT2D eigenvalue weighted by Gasteiger charge is 2.37. The van der Waals surface area contributed by atoms with Crippen LogP contribution >= 0.6 is 90.4 Å². The molecule has 0 aliphatic heterocycles. The number of aryl methyl sites for hydroxylation is 3. The molecule has 0 N–H and O–H groups in total. The molecule has 0 aromatic heterocycles. The van der Waals surface area contributed by atoms with Crippen molar-refractivity contribution in [2.45, 2.75) is 85.7 Å². The summed E-state index contributed by atoms with van der Waals surface area (Å²) in [5.41, 5.74) is 2.99. The molecule has 0 spiro atoms. The van der Waals surface area contributed by atoms with E-state index in [0.29, 0.717) is 9.79 Å². The molecule has 12 aromatic carbocycles. The lowest BCUT2D eigenvalue weighted by Crippen LogP contribution is -2.09. The lowest BCUT2D eigenvalue weighted by Gasteiger charge is -2.11. The van der Waals surface area contributed by atoms with Gasteiger partial charge < -0.3 is 0 Å². The first-order chi connectivity index (χ1) is 45.4. The van der Waals surface area contributed by atoms with Gasteiger partial charge in [0, 0.05) is 50.7 Å². The summed E-state index contributed by atoms with van der Waals surface area (Å²) in [6.45, 7) is 6.16. The predicted octanol–water partition coefficient (Wildman–Crippen LogP) is 24.6. The molecule has 0 bridgehead atoms. The molecule has 0 aliphatic carbocycles. The second kappa shape index (κ2) is 34.1. The molecule has 0 saturated heterocycles. The summed E-state index contributed by atoms with van der Waals surface area (Å²) < 4.78 is 152. The van der Waals surface area contributed by atoms with E-state index in [1.165, 1.54) is 68.2 Å². The zero-order chi connectivity index (χ0) is 68.1. The number of rotatable bonds is 12. The first kappa shape index (κ1) is 73.4. The van der Waals surface area contributed by atoms with Gasteiger partial charge in [-0.05, 0) is 293 Å². The van der Waals surface area contributed by atoms with Gasteiger partial charge in [-0.2, -0.15) is 13.2 Å². The third-order valence-corrected chi connectivity index (χ3v) is 25.5. The molecule has 0 amide bonds. The van der Waals surface area contributed by atoms with Crippen LogP contribution in [0.2, 0.25) is 0 Å². The van der Waals surface area contributed by atoms with Crippen molar-refractivity contribution in [3.05, 3.63) is 350 Å². The lowest BCUT2D eigenvalue weighted by atomic mass is 10.2. The van der Waals surface area contributed by atoms with Crippen LogP contribution in [-0.2, 0) is 49.8 Å². The summed E-state index contributed by atoms with van der Waals surface area (Å²) >= 11 is 8.88. The summed E-state index contributed by atoms with van der Waals surface area (Å²) in [4.78, 5) is 10.1. The molecular formula is C76H53F11I4S4+4. The highest BCUT2D eigenvalue weighted by molar-refractivity contribution is 14.1. The second-order valence-electron chi connectivity index (χ2n) is 20.8. The minimum absolute atomic E-state index is 0.0342. The average molecular weight is 1810 g/mol. The zero-order valence-corrected chi connectivity index (χ0v) is 62.1. The first-order valence-electron chi connectivity index (χ1n) is 28.6. The maximum absolute atomic E-state index is 13.7. The maximum atomic E-state index is 13.7. The van der Waals surface area contributed by atoms with Gasteiger partial charge in [-0.25, -0.2) is 35.1 Å². The van der Waals surface area contributed by atoms with E-state index in [-0.39, 0.29) is 43.2 Å². The molecule has 0 saturated carbocycles. The monoisotopic (exact) mass is 1810 g/mol. The third kappa shape index (κ3) is 20.2. The normalized spacial score (nSPS) is 12.1. The average Bonchev–Trinajstić information content (AvgIpc) is 0.811. The SMILES string of the molecule is Cc1ccc([S+](c2ccc(F)cc2)c2ccc(I)cc2)cc1.Cc1ccc([S+](c2ccc(I)cc2)c2cccc(C(F)(F)F)c2)cc1.Cc1ccc([S+](c2ccc(I)cc2)c2cccc(F)c2)cc1.Fc1cc([S+](c2ccc(I)cc2)c2cc(F)c(F)c(F)c2)cc(F)c1F. The van der Waals surface area contributed by atoms with Crippen molar-refractivity contribution in [3.63, 3.8) is 0 Å². The molecule has 3 atom stereocenters. The van der Waals surface area contributed by atoms with Crippen LogP contribution in [0.1, 0.15) is 22.3 Å². The fraction of sp³-hybridized carbons (Fsp3) is 0.0526. The van der Waals surface area contributed by atoms with Crippen LogP contribution < -0.4 is 0 Å². The summed E-state index contributed by atoms with van der Waals surface area (Å²) in [7, 11) is -2.45. The summed E-state index contributed by atoms with van der Waals surface area (Å²) in [5.74, 6) is -9.37. The number of benzene rings is 12. The largest absolute Gasteiger partial charge is 0.416 e. The minimum Gasteiger partial charge on any atom is -0.207 e. The molecule has 12 rings (SSSR count). The Bertz CT molecular complexity index is 4210. The molecule has 3 unspecified atom stereocenters. The quantitative estimate of drug-likeness (QED) is 0.0495. The molecule has 0 nitrogen and oxygen atoms in total. The van der Waals surface area contributed by atoms with Crippen LogP contribution in [0.25, 0.3) is 0 Å². The van der Waals surface area contributed by atoms with Gasteiger partial charge >= 0.3 is 6.18 Å². The topological polar surface area (TPSA) is 0 Å². The van der Waals surface area contributed by atoms with Crippen molar-refractivity contribution >= 4 is 134 Å². The molecule has 12 aromatic rings. The van der Waals surface area contributed by atoms with Crippen LogP contribution in [0.4, 0.5) is 48.3 Å². The van der Waals surface area contributed by atoms with Gasteiger partial charge in [0.15, 0.2) is 93.6 Å². The van der Waals surface area contributed by atoms with Crippen LogP contribution in [0.5, 0.6) is 0 Å². The third-order valence-electron chi connectivity index (χ3n) is 13.8. The van der Waals surface area contributed by atoms with Gasteiger partial charge in [0.2, 0.25) is 0 Å². The highest BCUT2D eigenvalue weighted by atomic mass is 127. The van der Waals surface area contributed by atoms with E-state index in [0.717, 1.165) is 62.6 Å². The fourth-order valence-electron chi connectivity index (χ4n) is 9.20. The van der Waals surface area contributed by atoms with Crippen molar-refractivity contribution in [2.24, 2.45) is 0 Å². The Morgan fingerprint density at radius 3 is 0.768 bits per heavy atom. The van der Waals surface area contributed by atoms with Gasteiger partial charge in [0.25, 0.3) is 0 Å². The molecular weight excluding hydrogens is 1760 g/mol. The minimum atomic E-state index is -4.34. The fourth-order valence-corrected chi connectivity index (χ4v) is 19.0. The van der Waals surface area contributed by atoms with E-state index in [2.05, 4.69) is 179 Å². The standard InChI is InChI=1S/C20H15F3IS.2C19H15FIS.C18H8F6IS/c1-14-5-9-17(10-6-14)25(18-11-7-16(24)8-12-18)19-4-2-3-15(13-19)20(21,22)23;1-14-2-8-17(9-3-14)22(18-10-4-15(20)5-11-18)19-12-6-16(21)7-13-19;1-14-5-9-17(10-6-14)22(18-11-7-16(21)8-12-18)19-4-2-3-15(20)13-19;19-13-5-11(6-14(20)17(13)23)26(10-3-1-9(25)2-4-10)12-7-15(21)18(24)16(22)8-12/h2-13H,1H3;2*2-13H,1H3;1-8H/q4*+1. The molecule has 0 aliphatic rings. The second-order valence-corrected chi connectivity index (χ2v) is 33.9. The Morgan fingerprint density at radius 2 is 0.484 bits per heavy atom. The van der Waals surface area contributed by atoms with E-state index in [4.69, 9.17) is 0 Å². The lowest BCUT2D eigenvalue weighted by molar-refractivity contribution is -0.137. The van der Waals surface area contributed by atoms with E-state index in [9.17, 15) is 48.3 Å². The van der Waals surface area contributed by atoms with Gasteiger partial charge in [-0.15, -0.1) is 0 Å². The first-order valence-corrected chi connectivity index (χ1v) is 37.8. The summed E-state index contributed by atoms with van der Waals surface area (Å²) in [6.07, 6.45) is -4.34. The molecule has 0 heterocycles. The van der Waals surface area contributed by atoms with Crippen molar-refractivity contribution < 1.29 is 48.3 Å². The Kier molecular flexibility index (Phi) is 26.4. The highest BCUT2D eigenvalue weighted by Crippen LogP contribution is 2.39. The molecule has 19 heteroatoms. The van der Waals surface area contributed by atoms with Gasteiger partial charge in [0.05, 0.1) is 49.1 Å². The van der Waals surface area contributed by atoms with Crippen LogP contribution in [0.3, 0.4) is 0 Å². The molecule has 482 valence electrons. The number of hydrogen-bond donors (Lipinski definition) is 0. The van der Waals surface area contributed by atoms with Gasteiger partial charge in [-0.1, -0.05) is 65.2 Å². The number of hydrogen-bond acceptors (Lipinski definition) is 0. The number of halogens is 15. The molecule has 0 fully saturated rings. The van der Waals surface area contributed by atoms with E-state index in [1.54, 1.807) is 42.5 Å². The van der Waals surface area contributed by atoms with E-state index < -0.39 is 68.4 Å². The van der Waals surface area contributed by atoms with Crippen molar-refractivity contribution in [2.75, 3.05) is 0 Å². The van der Waals surface area contributed by atoms with Crippen molar-refractivity contribution in [1.82, 2.24) is 0 Å². The zero-order valence-electron chi connectivity index (χ0n) is 50.2. The Hall–Kier alpha value is -5.81. The Labute approximate surface area is 611 Å². The predicted molar refractivity (Wildman–Crippen MR) is 396 cm³/mol. The van der Waals surface area contributed by atoms with Gasteiger partial charge in [0.1, 0.15) is 11.6 Å². The van der Waals surface area contributed by atoms with Crippen molar-refractivity contribution in [1.29, 1.82) is 0 Å². The van der Waals surface area contributed by atoms with E-state index in [1.807, 2.05) is 96.2 Å². The van der Waals surface area contributed by atoms with Crippen LogP contribution in [0, 0.1) is 81.6 Å². The molecule has 0 radical (unpaired) electrons.